The number of aromatic nitrogens is 2. The topological polar surface area (TPSA) is 49.0 Å². The highest BCUT2D eigenvalue weighted by Gasteiger charge is 2.25. The monoisotopic (exact) mass is 411 g/mol. The lowest BCUT2D eigenvalue weighted by molar-refractivity contribution is 0.613. The van der Waals surface area contributed by atoms with E-state index >= 15 is 0 Å². The molecule has 1 aliphatic carbocycles. The quantitative estimate of drug-likeness (QED) is 0.611. The summed E-state index contributed by atoms with van der Waals surface area (Å²) in [6.45, 7) is 0.900. The molecule has 6 heteroatoms. The second kappa shape index (κ2) is 6.17. The fourth-order valence-corrected chi connectivity index (χ4v) is 3.33. The predicted molar refractivity (Wildman–Crippen MR) is 81.0 cm³/mol. The minimum absolute atomic E-state index is 0.0480. The minimum Gasteiger partial charge on any atom is -0.352 e. The first-order valence-electron chi connectivity index (χ1n) is 5.80. The van der Waals surface area contributed by atoms with E-state index in [-0.39, 0.29) is 5.56 Å². The Balaban J connectivity index is 2.31. The minimum atomic E-state index is -0.0480. The Morgan fingerprint density at radius 1 is 1.53 bits per heavy atom. The molecule has 17 heavy (non-hydrogen) atoms. The predicted octanol–water partition coefficient (Wildman–Crippen LogP) is 2.52. The van der Waals surface area contributed by atoms with Crippen LogP contribution in [-0.4, -0.2) is 27.9 Å². The van der Waals surface area contributed by atoms with Crippen molar-refractivity contribution in [2.45, 2.75) is 31.7 Å². The summed E-state index contributed by atoms with van der Waals surface area (Å²) in [6.07, 6.45) is 6.47. The van der Waals surface area contributed by atoms with Gasteiger partial charge >= 0.3 is 0 Å². The highest BCUT2D eigenvalue weighted by molar-refractivity contribution is 14.1. The molecular formula is C11H15BrIN3O. The summed E-state index contributed by atoms with van der Waals surface area (Å²) in [4.78, 5) is 20.9. The highest BCUT2D eigenvalue weighted by atomic mass is 127. The van der Waals surface area contributed by atoms with Crippen molar-refractivity contribution in [2.75, 3.05) is 16.8 Å². The molecule has 1 fully saturated rings. The molecule has 0 spiro atoms. The van der Waals surface area contributed by atoms with Crippen LogP contribution in [0.3, 0.4) is 0 Å². The number of nitrogens with one attached hydrogen (secondary N) is 1. The molecule has 94 valence electrons. The molecule has 0 aromatic carbocycles. The van der Waals surface area contributed by atoms with Crippen LogP contribution in [0.15, 0.2) is 11.1 Å². The van der Waals surface area contributed by atoms with Crippen LogP contribution >= 0.6 is 38.5 Å². The number of H-pyrrole nitrogens is 1. The third-order valence-corrected chi connectivity index (χ3v) is 4.47. The number of nitrogens with zero attached hydrogens (tertiary/aromatic N) is 2. The first-order chi connectivity index (χ1) is 8.24. The van der Waals surface area contributed by atoms with E-state index in [0.717, 1.165) is 17.7 Å². The van der Waals surface area contributed by atoms with E-state index in [2.05, 4.69) is 53.4 Å². The van der Waals surface area contributed by atoms with Crippen LogP contribution in [0.25, 0.3) is 0 Å². The maximum Gasteiger partial charge on any atom is 0.266 e. The summed E-state index contributed by atoms with van der Waals surface area (Å²) >= 11 is 5.56. The summed E-state index contributed by atoms with van der Waals surface area (Å²) in [5.41, 5.74) is -0.0480. The Morgan fingerprint density at radius 3 is 2.88 bits per heavy atom. The van der Waals surface area contributed by atoms with Gasteiger partial charge in [-0.3, -0.25) is 4.79 Å². The number of anilines is 1. The van der Waals surface area contributed by atoms with Gasteiger partial charge in [0.1, 0.15) is 9.39 Å². The summed E-state index contributed by atoms with van der Waals surface area (Å²) in [5, 5.41) is 0.897. The molecule has 0 amide bonds. The Kier molecular flexibility index (Phi) is 4.84. The van der Waals surface area contributed by atoms with E-state index in [1.807, 2.05) is 0 Å². The van der Waals surface area contributed by atoms with E-state index in [4.69, 9.17) is 0 Å². The number of aromatic amines is 1. The molecule has 4 nitrogen and oxygen atoms in total. The van der Waals surface area contributed by atoms with Crippen molar-refractivity contribution >= 4 is 44.3 Å². The largest absolute Gasteiger partial charge is 0.352 e. The second-order valence-corrected chi connectivity index (χ2v) is 6.06. The standard InChI is InChI=1S/C11H15BrIN3O/c12-5-6-16(8-3-1-2-4-8)10-9(13)11(17)15-7-14-10/h7-8H,1-6H2,(H,14,15,17). The van der Waals surface area contributed by atoms with Gasteiger partial charge in [-0.15, -0.1) is 0 Å². The third-order valence-electron chi connectivity index (χ3n) is 3.14. The Morgan fingerprint density at radius 2 is 2.24 bits per heavy atom. The number of hydrogen-bond donors (Lipinski definition) is 1. The van der Waals surface area contributed by atoms with Crippen LogP contribution in [0.2, 0.25) is 0 Å². The van der Waals surface area contributed by atoms with Crippen molar-refractivity contribution in [2.24, 2.45) is 0 Å². The fraction of sp³-hybridized carbons (Fsp3) is 0.636. The van der Waals surface area contributed by atoms with Gasteiger partial charge in [0.2, 0.25) is 0 Å². The van der Waals surface area contributed by atoms with Crippen molar-refractivity contribution in [3.05, 3.63) is 20.3 Å². The van der Waals surface area contributed by atoms with Gasteiger partial charge < -0.3 is 9.88 Å². The van der Waals surface area contributed by atoms with Crippen molar-refractivity contribution < 1.29 is 0 Å². The molecule has 2 rings (SSSR count). The smallest absolute Gasteiger partial charge is 0.266 e. The van der Waals surface area contributed by atoms with Gasteiger partial charge in [-0.1, -0.05) is 28.8 Å². The van der Waals surface area contributed by atoms with Gasteiger partial charge in [0.15, 0.2) is 0 Å². The van der Waals surface area contributed by atoms with E-state index in [1.54, 1.807) is 0 Å². The molecule has 0 atom stereocenters. The molecule has 1 aromatic rings. The number of halogens is 2. The molecule has 0 radical (unpaired) electrons. The second-order valence-electron chi connectivity index (χ2n) is 4.19. The molecule has 0 unspecified atom stereocenters. The molecule has 0 aliphatic heterocycles. The van der Waals surface area contributed by atoms with Crippen molar-refractivity contribution in [3.8, 4) is 0 Å². The molecule has 1 saturated carbocycles. The average Bonchev–Trinajstić information content (AvgIpc) is 2.84. The SMILES string of the molecule is O=c1[nH]cnc(N(CCBr)C2CCCC2)c1I. The molecule has 0 saturated heterocycles. The van der Waals surface area contributed by atoms with Crippen LogP contribution < -0.4 is 10.5 Å². The van der Waals surface area contributed by atoms with Crippen LogP contribution in [0, 0.1) is 3.57 Å². The fourth-order valence-electron chi connectivity index (χ4n) is 2.34. The van der Waals surface area contributed by atoms with Crippen LogP contribution in [-0.2, 0) is 0 Å². The van der Waals surface area contributed by atoms with Crippen LogP contribution in [0.1, 0.15) is 25.7 Å². The number of hydrogen-bond acceptors (Lipinski definition) is 3. The zero-order chi connectivity index (χ0) is 12.3. The van der Waals surface area contributed by atoms with Crippen molar-refractivity contribution in [1.29, 1.82) is 0 Å². The van der Waals surface area contributed by atoms with E-state index in [0.29, 0.717) is 9.61 Å². The molecule has 0 bridgehead atoms. The Hall–Kier alpha value is -0.110. The van der Waals surface area contributed by atoms with Gasteiger partial charge in [0.25, 0.3) is 5.56 Å². The van der Waals surface area contributed by atoms with E-state index in [9.17, 15) is 4.79 Å². The molecule has 1 heterocycles. The molecular weight excluding hydrogens is 397 g/mol. The Labute approximate surface area is 122 Å². The van der Waals surface area contributed by atoms with E-state index in [1.165, 1.54) is 32.0 Å². The average molecular weight is 412 g/mol. The molecule has 1 aliphatic rings. The molecule has 1 N–H and O–H groups in total. The van der Waals surface area contributed by atoms with Crippen LogP contribution in [0.4, 0.5) is 5.82 Å². The molecule has 1 aromatic heterocycles. The van der Waals surface area contributed by atoms with Gasteiger partial charge in [0.05, 0.1) is 6.33 Å². The summed E-state index contributed by atoms with van der Waals surface area (Å²) in [5.74, 6) is 0.834. The lowest BCUT2D eigenvalue weighted by atomic mass is 10.2. The zero-order valence-electron chi connectivity index (χ0n) is 9.46. The van der Waals surface area contributed by atoms with E-state index < -0.39 is 0 Å². The highest BCUT2D eigenvalue weighted by Crippen LogP contribution is 2.28. The maximum absolute atomic E-state index is 11.6. The van der Waals surface area contributed by atoms with Gasteiger partial charge in [-0.25, -0.2) is 4.98 Å². The zero-order valence-corrected chi connectivity index (χ0v) is 13.2. The first-order valence-corrected chi connectivity index (χ1v) is 8.00. The van der Waals surface area contributed by atoms with Crippen LogP contribution in [0.5, 0.6) is 0 Å². The van der Waals surface area contributed by atoms with Gasteiger partial charge in [0, 0.05) is 17.9 Å². The van der Waals surface area contributed by atoms with Gasteiger partial charge in [-0.2, -0.15) is 0 Å². The van der Waals surface area contributed by atoms with Crippen molar-refractivity contribution in [3.63, 3.8) is 0 Å². The third kappa shape index (κ3) is 3.01. The lowest BCUT2D eigenvalue weighted by Crippen LogP contribution is -2.37. The lowest BCUT2D eigenvalue weighted by Gasteiger charge is -2.29. The Bertz CT molecular complexity index is 431. The normalized spacial score (nSPS) is 16.4. The summed E-state index contributed by atoms with van der Waals surface area (Å²) < 4.78 is 0.693. The number of alkyl halides is 1. The number of rotatable bonds is 4. The van der Waals surface area contributed by atoms with Gasteiger partial charge in [-0.05, 0) is 35.4 Å². The maximum atomic E-state index is 11.6. The van der Waals surface area contributed by atoms with Crippen molar-refractivity contribution in [1.82, 2.24) is 9.97 Å². The summed E-state index contributed by atoms with van der Waals surface area (Å²) in [6, 6.07) is 0.537. The summed E-state index contributed by atoms with van der Waals surface area (Å²) in [7, 11) is 0. The first kappa shape index (κ1) is 13.3.